The summed E-state index contributed by atoms with van der Waals surface area (Å²) >= 11 is 0. The van der Waals surface area contributed by atoms with Gasteiger partial charge in [0.05, 0.1) is 5.92 Å². The van der Waals surface area contributed by atoms with E-state index < -0.39 is 0 Å². The van der Waals surface area contributed by atoms with E-state index in [4.69, 9.17) is 4.74 Å². The van der Waals surface area contributed by atoms with Gasteiger partial charge in [0.25, 0.3) is 0 Å². The number of carbonyl (C=O) groups excluding carboxylic acids is 2. The average Bonchev–Trinajstić information content (AvgIpc) is 2.23. The highest BCUT2D eigenvalue weighted by Crippen LogP contribution is 2.51. The predicted octanol–water partition coefficient (Wildman–Crippen LogP) is 0.508. The van der Waals surface area contributed by atoms with E-state index in [-0.39, 0.29) is 18.5 Å². The molecular weight excluding hydrogens is 194 g/mol. The Hall–Kier alpha value is -0.900. The van der Waals surface area contributed by atoms with Gasteiger partial charge in [0, 0.05) is 0 Å². The van der Waals surface area contributed by atoms with Crippen molar-refractivity contribution in [2.45, 2.75) is 25.7 Å². The minimum absolute atomic E-state index is 0.0445. The minimum Gasteiger partial charge on any atom is -0.458 e. The highest BCUT2D eigenvalue weighted by atomic mass is 16.5. The first-order valence-corrected chi connectivity index (χ1v) is 5.57. The third-order valence-electron chi connectivity index (χ3n) is 3.65. The molecule has 0 unspecified atom stereocenters. The zero-order chi connectivity index (χ0) is 10.7. The van der Waals surface area contributed by atoms with Crippen molar-refractivity contribution in [1.82, 2.24) is 5.32 Å². The van der Waals surface area contributed by atoms with Crippen molar-refractivity contribution >= 4 is 12.3 Å². The third kappa shape index (κ3) is 2.20. The van der Waals surface area contributed by atoms with Crippen molar-refractivity contribution in [2.24, 2.45) is 11.3 Å². The maximum Gasteiger partial charge on any atom is 0.309 e. The molecule has 0 aromatic carbocycles. The Morgan fingerprint density at radius 2 is 2.07 bits per heavy atom. The Balaban J connectivity index is 1.76. The van der Waals surface area contributed by atoms with E-state index in [0.717, 1.165) is 25.9 Å². The first-order chi connectivity index (χ1) is 7.26. The van der Waals surface area contributed by atoms with Crippen LogP contribution in [0.2, 0.25) is 0 Å². The van der Waals surface area contributed by atoms with Gasteiger partial charge in [-0.25, -0.2) is 0 Å². The Kier molecular flexibility index (Phi) is 3.05. The third-order valence-corrected chi connectivity index (χ3v) is 3.65. The SMILES string of the molecule is O=CCOC(=O)C1CC2(CCNCC2)C1. The summed E-state index contributed by atoms with van der Waals surface area (Å²) in [5.74, 6) is -0.144. The second-order valence-corrected chi connectivity index (χ2v) is 4.65. The summed E-state index contributed by atoms with van der Waals surface area (Å²) in [7, 11) is 0. The van der Waals surface area contributed by atoms with Crippen LogP contribution in [0.15, 0.2) is 0 Å². The highest BCUT2D eigenvalue weighted by Gasteiger charge is 2.47. The van der Waals surface area contributed by atoms with Gasteiger partial charge in [-0.15, -0.1) is 0 Å². The summed E-state index contributed by atoms with van der Waals surface area (Å²) in [5.41, 5.74) is 0.399. The number of rotatable bonds is 3. The van der Waals surface area contributed by atoms with E-state index >= 15 is 0 Å². The Labute approximate surface area is 89.4 Å². The molecule has 0 radical (unpaired) electrons. The number of piperidine rings is 1. The molecule has 1 spiro atoms. The van der Waals surface area contributed by atoms with Crippen LogP contribution < -0.4 is 5.32 Å². The first-order valence-electron chi connectivity index (χ1n) is 5.57. The van der Waals surface area contributed by atoms with Gasteiger partial charge >= 0.3 is 5.97 Å². The highest BCUT2D eigenvalue weighted by molar-refractivity contribution is 5.75. The molecule has 1 N–H and O–H groups in total. The fourth-order valence-electron chi connectivity index (χ4n) is 2.75. The van der Waals surface area contributed by atoms with Crippen LogP contribution in [-0.4, -0.2) is 32.0 Å². The Bertz CT molecular complexity index is 251. The molecule has 0 aromatic heterocycles. The normalized spacial score (nSPS) is 24.5. The Morgan fingerprint density at radius 1 is 1.40 bits per heavy atom. The lowest BCUT2D eigenvalue weighted by molar-refractivity contribution is -0.159. The van der Waals surface area contributed by atoms with Crippen molar-refractivity contribution in [3.8, 4) is 0 Å². The largest absolute Gasteiger partial charge is 0.458 e. The van der Waals surface area contributed by atoms with E-state index in [1.165, 1.54) is 12.8 Å². The summed E-state index contributed by atoms with van der Waals surface area (Å²) in [5, 5.41) is 3.32. The monoisotopic (exact) mass is 211 g/mol. The first kappa shape index (κ1) is 10.6. The molecule has 4 heteroatoms. The molecule has 0 atom stereocenters. The van der Waals surface area contributed by atoms with Crippen molar-refractivity contribution < 1.29 is 14.3 Å². The van der Waals surface area contributed by atoms with Crippen LogP contribution >= 0.6 is 0 Å². The van der Waals surface area contributed by atoms with Gasteiger partial charge in [-0.1, -0.05) is 0 Å². The fourth-order valence-corrected chi connectivity index (χ4v) is 2.75. The minimum atomic E-state index is -0.189. The molecule has 2 rings (SSSR count). The molecule has 1 heterocycles. The maximum absolute atomic E-state index is 11.4. The van der Waals surface area contributed by atoms with Crippen LogP contribution in [0.1, 0.15) is 25.7 Å². The van der Waals surface area contributed by atoms with Gasteiger partial charge in [-0.05, 0) is 44.2 Å². The lowest BCUT2D eigenvalue weighted by Gasteiger charge is -2.49. The lowest BCUT2D eigenvalue weighted by atomic mass is 9.58. The zero-order valence-corrected chi connectivity index (χ0v) is 8.83. The molecular formula is C11H17NO3. The summed E-state index contributed by atoms with van der Waals surface area (Å²) in [6.45, 7) is 2.04. The molecule has 1 aliphatic carbocycles. The number of hydrogen-bond donors (Lipinski definition) is 1. The smallest absolute Gasteiger partial charge is 0.309 e. The van der Waals surface area contributed by atoms with Gasteiger partial charge in [0.2, 0.25) is 0 Å². The van der Waals surface area contributed by atoms with Crippen LogP contribution in [0.5, 0.6) is 0 Å². The predicted molar refractivity (Wildman–Crippen MR) is 54.3 cm³/mol. The molecule has 1 saturated carbocycles. The van der Waals surface area contributed by atoms with Crippen LogP contribution in [0.4, 0.5) is 0 Å². The Morgan fingerprint density at radius 3 is 2.67 bits per heavy atom. The van der Waals surface area contributed by atoms with Gasteiger partial charge in [-0.2, -0.15) is 0 Å². The number of nitrogens with one attached hydrogen (secondary N) is 1. The van der Waals surface area contributed by atoms with E-state index in [2.05, 4.69) is 5.32 Å². The molecule has 1 aliphatic heterocycles. The summed E-state index contributed by atoms with van der Waals surface area (Å²) in [4.78, 5) is 21.5. The number of aldehydes is 1. The number of esters is 1. The summed E-state index contributed by atoms with van der Waals surface area (Å²) < 4.78 is 4.81. The lowest BCUT2D eigenvalue weighted by Crippen LogP contribution is -2.48. The molecule has 1 saturated heterocycles. The number of ether oxygens (including phenoxy) is 1. The molecule has 2 fully saturated rings. The summed E-state index contributed by atoms with van der Waals surface area (Å²) in [6.07, 6.45) is 4.87. The van der Waals surface area contributed by atoms with Crippen molar-refractivity contribution in [3.63, 3.8) is 0 Å². The average molecular weight is 211 g/mol. The molecule has 0 aromatic rings. The molecule has 0 bridgehead atoms. The van der Waals surface area contributed by atoms with Crippen LogP contribution in [0.3, 0.4) is 0 Å². The van der Waals surface area contributed by atoms with Crippen molar-refractivity contribution in [1.29, 1.82) is 0 Å². The van der Waals surface area contributed by atoms with Gasteiger partial charge < -0.3 is 10.1 Å². The van der Waals surface area contributed by atoms with Crippen LogP contribution in [0.25, 0.3) is 0 Å². The topological polar surface area (TPSA) is 55.4 Å². The van der Waals surface area contributed by atoms with Gasteiger partial charge in [0.15, 0.2) is 6.29 Å². The maximum atomic E-state index is 11.4. The van der Waals surface area contributed by atoms with Crippen molar-refractivity contribution in [3.05, 3.63) is 0 Å². The quantitative estimate of drug-likeness (QED) is 0.546. The molecule has 2 aliphatic rings. The van der Waals surface area contributed by atoms with Crippen LogP contribution in [0, 0.1) is 11.3 Å². The van der Waals surface area contributed by atoms with E-state index in [1.54, 1.807) is 0 Å². The van der Waals surface area contributed by atoms with Crippen molar-refractivity contribution in [2.75, 3.05) is 19.7 Å². The summed E-state index contributed by atoms with van der Waals surface area (Å²) in [6, 6.07) is 0. The second kappa shape index (κ2) is 4.31. The van der Waals surface area contributed by atoms with E-state index in [9.17, 15) is 9.59 Å². The molecule has 0 amide bonds. The van der Waals surface area contributed by atoms with Gasteiger partial charge in [-0.3, -0.25) is 9.59 Å². The molecule has 84 valence electrons. The van der Waals surface area contributed by atoms with Gasteiger partial charge in [0.1, 0.15) is 6.61 Å². The molecule has 15 heavy (non-hydrogen) atoms. The van der Waals surface area contributed by atoms with E-state index in [1.807, 2.05) is 0 Å². The van der Waals surface area contributed by atoms with E-state index in [0.29, 0.717) is 11.7 Å². The second-order valence-electron chi connectivity index (χ2n) is 4.65. The number of carbonyl (C=O) groups is 2. The fraction of sp³-hybridized carbons (Fsp3) is 0.818. The number of hydrogen-bond acceptors (Lipinski definition) is 4. The molecule has 4 nitrogen and oxygen atoms in total. The standard InChI is InChI=1S/C11H17NO3/c13-5-6-15-10(14)9-7-11(8-9)1-3-12-4-2-11/h5,9,12H,1-4,6-8H2. The van der Waals surface area contributed by atoms with Crippen LogP contribution in [-0.2, 0) is 14.3 Å². The zero-order valence-electron chi connectivity index (χ0n) is 8.83.